The SMILES string of the molecule is COCCOc1cc(N2CCCCc3ccc(C=O)nc32)ncc1C#N. The number of fused-ring (bicyclic) bond motifs is 1. The van der Waals surface area contributed by atoms with Gasteiger partial charge in [-0.3, -0.25) is 4.79 Å². The molecule has 0 amide bonds. The predicted molar refractivity (Wildman–Crippen MR) is 95.9 cm³/mol. The van der Waals surface area contributed by atoms with Crippen molar-refractivity contribution in [2.45, 2.75) is 19.3 Å². The van der Waals surface area contributed by atoms with E-state index < -0.39 is 0 Å². The number of aryl methyl sites for hydroxylation is 1. The molecule has 2 aromatic heterocycles. The average molecular weight is 352 g/mol. The molecule has 134 valence electrons. The number of anilines is 2. The standard InChI is InChI=1S/C19H20N4O3/c1-25-8-9-26-17-10-18(21-12-15(17)11-20)23-7-3-2-4-14-5-6-16(13-24)22-19(14)23/h5-6,10,12-13H,2-4,7-9H2,1H3. The van der Waals surface area contributed by atoms with E-state index in [-0.39, 0.29) is 0 Å². The second kappa shape index (κ2) is 8.41. The summed E-state index contributed by atoms with van der Waals surface area (Å²) in [5.41, 5.74) is 1.84. The molecular weight excluding hydrogens is 332 g/mol. The van der Waals surface area contributed by atoms with Crippen LogP contribution >= 0.6 is 0 Å². The summed E-state index contributed by atoms with van der Waals surface area (Å²) >= 11 is 0. The van der Waals surface area contributed by atoms with Crippen LogP contribution in [-0.4, -0.2) is 43.1 Å². The van der Waals surface area contributed by atoms with Crippen LogP contribution in [0.5, 0.6) is 5.75 Å². The van der Waals surface area contributed by atoms with Gasteiger partial charge in [-0.25, -0.2) is 9.97 Å². The first-order valence-corrected chi connectivity index (χ1v) is 8.51. The lowest BCUT2D eigenvalue weighted by atomic mass is 10.1. The molecule has 0 bridgehead atoms. The van der Waals surface area contributed by atoms with Gasteiger partial charge in [0.15, 0.2) is 6.29 Å². The summed E-state index contributed by atoms with van der Waals surface area (Å²) in [6, 6.07) is 7.53. The predicted octanol–water partition coefficient (Wildman–Crippen LogP) is 2.66. The van der Waals surface area contributed by atoms with Crippen molar-refractivity contribution in [3.05, 3.63) is 41.2 Å². The molecule has 3 heterocycles. The summed E-state index contributed by atoms with van der Waals surface area (Å²) in [7, 11) is 1.59. The molecule has 0 N–H and O–H groups in total. The molecule has 1 aliphatic heterocycles. The van der Waals surface area contributed by atoms with Crippen LogP contribution in [0.4, 0.5) is 11.6 Å². The monoisotopic (exact) mass is 352 g/mol. The Morgan fingerprint density at radius 1 is 1.35 bits per heavy atom. The fourth-order valence-corrected chi connectivity index (χ4v) is 2.91. The van der Waals surface area contributed by atoms with E-state index >= 15 is 0 Å². The molecular formula is C19H20N4O3. The van der Waals surface area contributed by atoms with E-state index in [1.165, 1.54) is 6.20 Å². The number of nitriles is 1. The van der Waals surface area contributed by atoms with Crippen LogP contribution in [0.15, 0.2) is 24.4 Å². The van der Waals surface area contributed by atoms with E-state index in [0.29, 0.717) is 36.0 Å². The normalized spacial score (nSPS) is 13.5. The lowest BCUT2D eigenvalue weighted by molar-refractivity contribution is 0.111. The molecule has 2 aromatic rings. The molecule has 0 spiro atoms. The minimum absolute atomic E-state index is 0.346. The van der Waals surface area contributed by atoms with Gasteiger partial charge in [0.25, 0.3) is 0 Å². The number of carbonyl (C=O) groups is 1. The number of ether oxygens (including phenoxy) is 2. The van der Waals surface area contributed by atoms with Crippen LogP contribution in [0.3, 0.4) is 0 Å². The number of carbonyl (C=O) groups excluding carboxylic acids is 1. The molecule has 7 nitrogen and oxygen atoms in total. The lowest BCUT2D eigenvalue weighted by Crippen LogP contribution is -2.21. The summed E-state index contributed by atoms with van der Waals surface area (Å²) in [5.74, 6) is 1.86. The Hall–Kier alpha value is -2.98. The first-order valence-electron chi connectivity index (χ1n) is 8.51. The fraction of sp³-hybridized carbons (Fsp3) is 0.368. The zero-order valence-electron chi connectivity index (χ0n) is 14.6. The van der Waals surface area contributed by atoms with Crippen molar-refractivity contribution in [3.63, 3.8) is 0 Å². The van der Waals surface area contributed by atoms with Crippen LogP contribution in [0.25, 0.3) is 0 Å². The first kappa shape index (κ1) is 17.8. The smallest absolute Gasteiger partial charge is 0.168 e. The maximum absolute atomic E-state index is 11.1. The molecule has 26 heavy (non-hydrogen) atoms. The first-order chi connectivity index (χ1) is 12.8. The zero-order valence-corrected chi connectivity index (χ0v) is 14.6. The van der Waals surface area contributed by atoms with Crippen LogP contribution in [0, 0.1) is 11.3 Å². The van der Waals surface area contributed by atoms with Crippen molar-refractivity contribution in [2.75, 3.05) is 31.8 Å². The van der Waals surface area contributed by atoms with Crippen molar-refractivity contribution in [1.82, 2.24) is 9.97 Å². The minimum atomic E-state index is 0.346. The molecule has 7 heteroatoms. The maximum atomic E-state index is 11.1. The summed E-state index contributed by atoms with van der Waals surface area (Å²) < 4.78 is 10.7. The maximum Gasteiger partial charge on any atom is 0.168 e. The summed E-state index contributed by atoms with van der Waals surface area (Å²) in [6.07, 6.45) is 5.18. The largest absolute Gasteiger partial charge is 0.490 e. The second-order valence-corrected chi connectivity index (χ2v) is 5.94. The van der Waals surface area contributed by atoms with Crippen LogP contribution in [0.1, 0.15) is 34.5 Å². The number of rotatable bonds is 6. The summed E-state index contributed by atoms with van der Waals surface area (Å²) in [4.78, 5) is 22.0. The second-order valence-electron chi connectivity index (χ2n) is 5.94. The Kier molecular flexibility index (Phi) is 5.77. The number of hydrogen-bond acceptors (Lipinski definition) is 7. The lowest BCUT2D eigenvalue weighted by Gasteiger charge is -2.23. The van der Waals surface area contributed by atoms with Gasteiger partial charge in [0.05, 0.1) is 12.8 Å². The summed E-state index contributed by atoms with van der Waals surface area (Å²) in [6.45, 7) is 1.51. The Morgan fingerprint density at radius 3 is 3.00 bits per heavy atom. The third kappa shape index (κ3) is 3.81. The van der Waals surface area contributed by atoms with Gasteiger partial charge < -0.3 is 14.4 Å². The highest BCUT2D eigenvalue weighted by Gasteiger charge is 2.21. The van der Waals surface area contributed by atoms with Crippen LogP contribution in [-0.2, 0) is 11.2 Å². The Bertz CT molecular complexity index is 832. The van der Waals surface area contributed by atoms with Crippen molar-refractivity contribution in [1.29, 1.82) is 5.26 Å². The van der Waals surface area contributed by atoms with Crippen molar-refractivity contribution < 1.29 is 14.3 Å². The van der Waals surface area contributed by atoms with Gasteiger partial charge in [0.1, 0.15) is 41.3 Å². The van der Waals surface area contributed by atoms with Gasteiger partial charge in [-0.15, -0.1) is 0 Å². The number of aromatic nitrogens is 2. The highest BCUT2D eigenvalue weighted by molar-refractivity contribution is 5.74. The quantitative estimate of drug-likeness (QED) is 0.583. The number of methoxy groups -OCH3 is 1. The van der Waals surface area contributed by atoms with Gasteiger partial charge in [-0.1, -0.05) is 6.07 Å². The van der Waals surface area contributed by atoms with Gasteiger partial charge in [-0.2, -0.15) is 5.26 Å². The Labute approximate surface area is 152 Å². The third-order valence-electron chi connectivity index (χ3n) is 4.23. The number of pyridine rings is 2. The Balaban J connectivity index is 1.99. The van der Waals surface area contributed by atoms with E-state index in [4.69, 9.17) is 9.47 Å². The van der Waals surface area contributed by atoms with E-state index in [1.54, 1.807) is 19.2 Å². The van der Waals surface area contributed by atoms with Gasteiger partial charge in [0.2, 0.25) is 0 Å². The topological polar surface area (TPSA) is 88.3 Å². The van der Waals surface area contributed by atoms with Crippen molar-refractivity contribution >= 4 is 17.9 Å². The fourth-order valence-electron chi connectivity index (χ4n) is 2.91. The molecule has 3 rings (SSSR count). The van der Waals surface area contributed by atoms with E-state index in [1.807, 2.05) is 11.0 Å². The molecule has 0 aromatic carbocycles. The highest BCUT2D eigenvalue weighted by Crippen LogP contribution is 2.32. The highest BCUT2D eigenvalue weighted by atomic mass is 16.5. The van der Waals surface area contributed by atoms with Gasteiger partial charge >= 0.3 is 0 Å². The van der Waals surface area contributed by atoms with E-state index in [9.17, 15) is 10.1 Å². The minimum Gasteiger partial charge on any atom is -0.490 e. The van der Waals surface area contributed by atoms with Crippen LogP contribution < -0.4 is 9.64 Å². The van der Waals surface area contributed by atoms with E-state index in [0.717, 1.165) is 43.5 Å². The molecule has 0 saturated carbocycles. The Morgan fingerprint density at radius 2 is 2.23 bits per heavy atom. The zero-order chi connectivity index (χ0) is 18.4. The third-order valence-corrected chi connectivity index (χ3v) is 4.23. The van der Waals surface area contributed by atoms with Crippen molar-refractivity contribution in [2.24, 2.45) is 0 Å². The molecule has 0 aliphatic carbocycles. The van der Waals surface area contributed by atoms with E-state index in [2.05, 4.69) is 16.0 Å². The van der Waals surface area contributed by atoms with Crippen LogP contribution in [0.2, 0.25) is 0 Å². The molecule has 1 aliphatic rings. The number of aldehydes is 1. The van der Waals surface area contributed by atoms with Crippen molar-refractivity contribution in [3.8, 4) is 11.8 Å². The number of hydrogen-bond donors (Lipinski definition) is 0. The molecule has 0 unspecified atom stereocenters. The average Bonchev–Trinajstić information content (AvgIpc) is 2.90. The molecule has 0 atom stereocenters. The molecule has 0 saturated heterocycles. The van der Waals surface area contributed by atoms with Gasteiger partial charge in [0, 0.05) is 19.7 Å². The molecule has 0 fully saturated rings. The van der Waals surface area contributed by atoms with Gasteiger partial charge in [-0.05, 0) is 30.9 Å². The summed E-state index contributed by atoms with van der Waals surface area (Å²) in [5, 5.41) is 9.28. The number of nitrogens with zero attached hydrogens (tertiary/aromatic N) is 4. The molecule has 0 radical (unpaired) electrons.